The molecule has 0 saturated heterocycles. The van der Waals surface area contributed by atoms with E-state index in [0.29, 0.717) is 12.2 Å². The lowest BCUT2D eigenvalue weighted by molar-refractivity contribution is 0.145. The Bertz CT molecular complexity index is 1250. The zero-order valence-corrected chi connectivity index (χ0v) is 17.4. The molecule has 0 aliphatic carbocycles. The van der Waals surface area contributed by atoms with Gasteiger partial charge in [0, 0.05) is 25.0 Å². The van der Waals surface area contributed by atoms with E-state index >= 15 is 0 Å². The van der Waals surface area contributed by atoms with Crippen LogP contribution < -0.4 is 0 Å². The number of hydrogen-bond donors (Lipinski definition) is 0. The summed E-state index contributed by atoms with van der Waals surface area (Å²) in [5, 5.41) is 4.23. The molecule has 0 bridgehead atoms. The number of nitrogens with zero attached hydrogens (tertiary/aromatic N) is 6. The van der Waals surface area contributed by atoms with E-state index in [0.717, 1.165) is 17.6 Å². The van der Waals surface area contributed by atoms with Gasteiger partial charge in [-0.05, 0) is 37.6 Å². The van der Waals surface area contributed by atoms with Crippen molar-refractivity contribution in [1.29, 1.82) is 0 Å². The van der Waals surface area contributed by atoms with Crippen LogP contribution in [0, 0.1) is 0 Å². The van der Waals surface area contributed by atoms with Gasteiger partial charge in [-0.3, -0.25) is 4.90 Å². The van der Waals surface area contributed by atoms with Crippen molar-refractivity contribution < 1.29 is 8.78 Å². The van der Waals surface area contributed by atoms with Crippen molar-refractivity contribution in [3.05, 3.63) is 64.7 Å². The normalized spacial score (nSPS) is 19.0. The Morgan fingerprint density at radius 1 is 1.20 bits per heavy atom. The van der Waals surface area contributed by atoms with E-state index in [1.165, 1.54) is 22.7 Å². The molecule has 0 fully saturated rings. The molecule has 0 unspecified atom stereocenters. The maximum Gasteiger partial charge on any atom is 0.280 e. The summed E-state index contributed by atoms with van der Waals surface area (Å²) in [4.78, 5) is 14.7. The first-order chi connectivity index (χ1) is 14.5. The fourth-order valence-electron chi connectivity index (χ4n) is 4.06. The third-order valence-corrected chi connectivity index (χ3v) is 6.67. The van der Waals surface area contributed by atoms with Gasteiger partial charge in [0.05, 0.1) is 21.4 Å². The number of hydrogen-bond acceptors (Lipinski definition) is 6. The topological polar surface area (TPSA) is 59.2 Å². The number of benzene rings is 1. The van der Waals surface area contributed by atoms with E-state index in [1.54, 1.807) is 15.9 Å². The summed E-state index contributed by atoms with van der Waals surface area (Å²) < 4.78 is 29.6. The van der Waals surface area contributed by atoms with Crippen molar-refractivity contribution in [3.63, 3.8) is 0 Å². The highest BCUT2D eigenvalue weighted by Crippen LogP contribution is 2.34. The summed E-state index contributed by atoms with van der Waals surface area (Å²) >= 11 is 1.63. The van der Waals surface area contributed by atoms with Crippen LogP contribution >= 0.6 is 11.3 Å². The van der Waals surface area contributed by atoms with Crippen molar-refractivity contribution in [2.75, 3.05) is 13.1 Å². The smallest absolute Gasteiger partial charge is 0.280 e. The average molecular weight is 426 g/mol. The maximum atomic E-state index is 13.4. The van der Waals surface area contributed by atoms with Gasteiger partial charge in [-0.15, -0.1) is 11.3 Å². The highest BCUT2D eigenvalue weighted by Gasteiger charge is 2.29. The lowest BCUT2D eigenvalue weighted by Crippen LogP contribution is -2.36. The van der Waals surface area contributed by atoms with Gasteiger partial charge in [0.15, 0.2) is 0 Å². The summed E-state index contributed by atoms with van der Waals surface area (Å²) in [5.74, 6) is 0.134. The Balaban J connectivity index is 1.50. The Kier molecular flexibility index (Phi) is 4.79. The first-order valence-electron chi connectivity index (χ1n) is 9.74. The molecule has 6 nitrogen and oxygen atoms in total. The summed E-state index contributed by atoms with van der Waals surface area (Å²) in [7, 11) is 0. The molecule has 1 aromatic carbocycles. The largest absolute Gasteiger partial charge is 0.292 e. The van der Waals surface area contributed by atoms with E-state index in [-0.39, 0.29) is 23.4 Å². The number of aromatic nitrogens is 5. The zero-order valence-electron chi connectivity index (χ0n) is 16.5. The predicted molar refractivity (Wildman–Crippen MR) is 112 cm³/mol. The standard InChI is InChI=1S/C21H20F2N6S/c1-12-5-6-28(13(2)14-3-4-16-19(7-14)30-11-25-16)9-15(12)18-8-17(20(22)23)27-21-24-10-26-29(18)21/h3-5,7-8,10-11,13,15,20H,6,9H2,1-2H3/t13-,15-/m1/s1. The van der Waals surface area contributed by atoms with Gasteiger partial charge in [-0.25, -0.2) is 23.3 Å². The number of thiazole rings is 1. The Hall–Kier alpha value is -2.78. The van der Waals surface area contributed by atoms with Crippen LogP contribution in [-0.4, -0.2) is 42.6 Å². The van der Waals surface area contributed by atoms with E-state index < -0.39 is 6.43 Å². The molecule has 0 saturated carbocycles. The van der Waals surface area contributed by atoms with Crippen LogP contribution in [0.3, 0.4) is 0 Å². The first-order valence-corrected chi connectivity index (χ1v) is 10.6. The molecule has 0 spiro atoms. The fourth-order valence-corrected chi connectivity index (χ4v) is 4.78. The molecule has 9 heteroatoms. The van der Waals surface area contributed by atoms with Crippen molar-refractivity contribution in [1.82, 2.24) is 29.5 Å². The van der Waals surface area contributed by atoms with Crippen molar-refractivity contribution in [3.8, 4) is 0 Å². The SMILES string of the molecule is CC1=CCN([C@H](C)c2ccc3ncsc3c2)C[C@H]1c1cc(C(F)F)nc2ncnn12. The molecule has 154 valence electrons. The summed E-state index contributed by atoms with van der Waals surface area (Å²) in [6.45, 7) is 5.72. The minimum absolute atomic E-state index is 0.0713. The second-order valence-corrected chi connectivity index (χ2v) is 8.47. The van der Waals surface area contributed by atoms with Gasteiger partial charge in [0.1, 0.15) is 12.0 Å². The molecule has 0 amide bonds. The molecule has 0 radical (unpaired) electrons. The minimum atomic E-state index is -2.65. The van der Waals surface area contributed by atoms with Gasteiger partial charge >= 0.3 is 0 Å². The van der Waals surface area contributed by atoms with Crippen LogP contribution in [0.4, 0.5) is 8.78 Å². The van der Waals surface area contributed by atoms with Crippen LogP contribution in [0.2, 0.25) is 0 Å². The van der Waals surface area contributed by atoms with Crippen LogP contribution in [0.15, 0.2) is 47.8 Å². The molecular weight excluding hydrogens is 406 g/mol. The van der Waals surface area contributed by atoms with Gasteiger partial charge < -0.3 is 0 Å². The Morgan fingerprint density at radius 3 is 2.90 bits per heavy atom. The van der Waals surface area contributed by atoms with Gasteiger partial charge in [0.2, 0.25) is 0 Å². The van der Waals surface area contributed by atoms with Crippen LogP contribution in [0.25, 0.3) is 16.0 Å². The van der Waals surface area contributed by atoms with E-state index in [1.807, 2.05) is 12.4 Å². The highest BCUT2D eigenvalue weighted by molar-refractivity contribution is 7.16. The first kappa shape index (κ1) is 19.2. The Labute approximate surface area is 175 Å². The predicted octanol–water partition coefficient (Wildman–Crippen LogP) is 4.78. The third-order valence-electron chi connectivity index (χ3n) is 5.88. The number of fused-ring (bicyclic) bond motifs is 2. The van der Waals surface area contributed by atoms with Crippen LogP contribution in [0.5, 0.6) is 0 Å². The maximum absolute atomic E-state index is 13.4. The molecule has 4 aromatic rings. The Morgan fingerprint density at radius 2 is 2.07 bits per heavy atom. The molecular formula is C21H20F2N6S. The van der Waals surface area contributed by atoms with Crippen molar-refractivity contribution in [2.45, 2.75) is 32.2 Å². The molecule has 30 heavy (non-hydrogen) atoms. The lowest BCUT2D eigenvalue weighted by Gasteiger charge is -2.36. The minimum Gasteiger partial charge on any atom is -0.292 e. The van der Waals surface area contributed by atoms with E-state index in [4.69, 9.17) is 0 Å². The average Bonchev–Trinajstić information content (AvgIpc) is 3.41. The van der Waals surface area contributed by atoms with Crippen molar-refractivity contribution >= 4 is 27.3 Å². The van der Waals surface area contributed by atoms with Crippen LogP contribution in [0.1, 0.15) is 49.2 Å². The van der Waals surface area contributed by atoms with E-state index in [9.17, 15) is 8.78 Å². The molecule has 1 aliphatic heterocycles. The monoisotopic (exact) mass is 426 g/mol. The van der Waals surface area contributed by atoms with Gasteiger partial charge in [-0.2, -0.15) is 10.1 Å². The fraction of sp³-hybridized carbons (Fsp3) is 0.333. The molecule has 5 rings (SSSR count). The number of halogens is 2. The van der Waals surface area contributed by atoms with Crippen molar-refractivity contribution in [2.24, 2.45) is 0 Å². The van der Waals surface area contributed by atoms with E-state index in [2.05, 4.69) is 56.1 Å². The summed E-state index contributed by atoms with van der Waals surface area (Å²) in [6.07, 6.45) is 0.869. The van der Waals surface area contributed by atoms with Crippen LogP contribution in [-0.2, 0) is 0 Å². The van der Waals surface area contributed by atoms with Gasteiger partial charge in [-0.1, -0.05) is 17.7 Å². The summed E-state index contributed by atoms with van der Waals surface area (Å²) in [5.41, 5.74) is 5.64. The molecule has 2 atom stereocenters. The lowest BCUT2D eigenvalue weighted by atomic mass is 9.90. The third kappa shape index (κ3) is 3.27. The second-order valence-electron chi connectivity index (χ2n) is 7.59. The zero-order chi connectivity index (χ0) is 20.8. The number of rotatable bonds is 4. The molecule has 4 heterocycles. The van der Waals surface area contributed by atoms with Gasteiger partial charge in [0.25, 0.3) is 12.2 Å². The highest BCUT2D eigenvalue weighted by atomic mass is 32.1. The molecule has 3 aromatic heterocycles. The molecule has 0 N–H and O–H groups in total. The molecule has 1 aliphatic rings. The quantitative estimate of drug-likeness (QED) is 0.440. The second kappa shape index (κ2) is 7.48. The summed E-state index contributed by atoms with van der Waals surface area (Å²) in [6, 6.07) is 7.99. The number of alkyl halides is 2.